The standard InChI is InChI=1S/C13H20BrN3/c14-13-3-1-2-12(10-13)11-16-6-9-17-7-4-15-5-8-17/h1-3,10,15-16H,4-9,11H2. The molecule has 0 atom stereocenters. The molecule has 0 aliphatic carbocycles. The van der Waals surface area contributed by atoms with Gasteiger partial charge < -0.3 is 10.6 Å². The fourth-order valence-electron chi connectivity index (χ4n) is 2.05. The summed E-state index contributed by atoms with van der Waals surface area (Å²) in [6, 6.07) is 8.46. The van der Waals surface area contributed by atoms with Gasteiger partial charge in [-0.1, -0.05) is 28.1 Å². The van der Waals surface area contributed by atoms with E-state index in [4.69, 9.17) is 0 Å². The summed E-state index contributed by atoms with van der Waals surface area (Å²) in [6.45, 7) is 7.78. The molecule has 94 valence electrons. The Bertz CT molecular complexity index is 337. The Labute approximate surface area is 112 Å². The smallest absolute Gasteiger partial charge is 0.0206 e. The summed E-state index contributed by atoms with van der Waals surface area (Å²) >= 11 is 3.49. The Balaban J connectivity index is 1.62. The number of nitrogens with one attached hydrogen (secondary N) is 2. The lowest BCUT2D eigenvalue weighted by Crippen LogP contribution is -2.45. The van der Waals surface area contributed by atoms with Crippen LogP contribution < -0.4 is 10.6 Å². The fraction of sp³-hybridized carbons (Fsp3) is 0.538. The van der Waals surface area contributed by atoms with Crippen LogP contribution in [0.5, 0.6) is 0 Å². The van der Waals surface area contributed by atoms with E-state index in [2.05, 4.69) is 55.7 Å². The molecule has 0 bridgehead atoms. The molecule has 0 saturated carbocycles. The van der Waals surface area contributed by atoms with Crippen LogP contribution in [-0.2, 0) is 6.54 Å². The summed E-state index contributed by atoms with van der Waals surface area (Å²) in [5, 5.41) is 6.86. The van der Waals surface area contributed by atoms with Crippen molar-refractivity contribution in [3.05, 3.63) is 34.3 Å². The second kappa shape index (κ2) is 7.11. The molecule has 1 aliphatic rings. The molecule has 1 heterocycles. The van der Waals surface area contributed by atoms with E-state index in [-0.39, 0.29) is 0 Å². The molecule has 0 unspecified atom stereocenters. The third-order valence-corrected chi connectivity index (χ3v) is 3.53. The van der Waals surface area contributed by atoms with Gasteiger partial charge >= 0.3 is 0 Å². The molecule has 0 amide bonds. The van der Waals surface area contributed by atoms with E-state index in [1.165, 1.54) is 18.7 Å². The van der Waals surface area contributed by atoms with Gasteiger partial charge in [0, 0.05) is 50.3 Å². The summed E-state index contributed by atoms with van der Waals surface area (Å²) in [7, 11) is 0. The molecule has 1 aliphatic heterocycles. The van der Waals surface area contributed by atoms with Gasteiger partial charge in [0.1, 0.15) is 0 Å². The number of nitrogens with zero attached hydrogens (tertiary/aromatic N) is 1. The molecular formula is C13H20BrN3. The first-order valence-electron chi connectivity index (χ1n) is 6.23. The Morgan fingerprint density at radius 3 is 2.88 bits per heavy atom. The molecule has 3 nitrogen and oxygen atoms in total. The Morgan fingerprint density at radius 1 is 1.29 bits per heavy atom. The minimum atomic E-state index is 0.950. The quantitative estimate of drug-likeness (QED) is 0.806. The van der Waals surface area contributed by atoms with Gasteiger partial charge in [-0.3, -0.25) is 4.90 Å². The van der Waals surface area contributed by atoms with Gasteiger partial charge in [0.05, 0.1) is 0 Å². The third kappa shape index (κ3) is 4.76. The molecule has 1 saturated heterocycles. The number of piperazine rings is 1. The second-order valence-electron chi connectivity index (χ2n) is 4.40. The lowest BCUT2D eigenvalue weighted by atomic mass is 10.2. The van der Waals surface area contributed by atoms with Crippen LogP contribution in [0.1, 0.15) is 5.56 Å². The molecule has 0 radical (unpaired) electrons. The molecule has 0 aromatic heterocycles. The predicted molar refractivity (Wildman–Crippen MR) is 75.2 cm³/mol. The lowest BCUT2D eigenvalue weighted by molar-refractivity contribution is 0.241. The molecule has 2 N–H and O–H groups in total. The first-order valence-corrected chi connectivity index (χ1v) is 7.02. The zero-order valence-corrected chi connectivity index (χ0v) is 11.7. The minimum Gasteiger partial charge on any atom is -0.314 e. The van der Waals surface area contributed by atoms with Crippen molar-refractivity contribution in [2.24, 2.45) is 0 Å². The highest BCUT2D eigenvalue weighted by atomic mass is 79.9. The van der Waals surface area contributed by atoms with Crippen molar-refractivity contribution in [2.75, 3.05) is 39.3 Å². The topological polar surface area (TPSA) is 27.3 Å². The van der Waals surface area contributed by atoms with Crippen molar-refractivity contribution in [2.45, 2.75) is 6.54 Å². The van der Waals surface area contributed by atoms with E-state index < -0.39 is 0 Å². The van der Waals surface area contributed by atoms with Crippen LogP contribution in [0.3, 0.4) is 0 Å². The van der Waals surface area contributed by atoms with Crippen LogP contribution in [0.25, 0.3) is 0 Å². The van der Waals surface area contributed by atoms with Crippen molar-refractivity contribution in [3.63, 3.8) is 0 Å². The molecule has 4 heteroatoms. The van der Waals surface area contributed by atoms with E-state index in [1.807, 2.05) is 0 Å². The number of halogens is 1. The van der Waals surface area contributed by atoms with Crippen molar-refractivity contribution in [1.29, 1.82) is 0 Å². The maximum absolute atomic E-state index is 3.49. The first kappa shape index (κ1) is 13.0. The second-order valence-corrected chi connectivity index (χ2v) is 5.31. The van der Waals surface area contributed by atoms with Crippen LogP contribution in [0, 0.1) is 0 Å². The van der Waals surface area contributed by atoms with E-state index in [9.17, 15) is 0 Å². The molecule has 1 fully saturated rings. The highest BCUT2D eigenvalue weighted by Crippen LogP contribution is 2.11. The fourth-order valence-corrected chi connectivity index (χ4v) is 2.50. The largest absolute Gasteiger partial charge is 0.314 e. The van der Waals surface area contributed by atoms with Crippen molar-refractivity contribution < 1.29 is 0 Å². The molecule has 1 aromatic carbocycles. The number of benzene rings is 1. The highest BCUT2D eigenvalue weighted by molar-refractivity contribution is 9.10. The summed E-state index contributed by atoms with van der Waals surface area (Å²) in [5.74, 6) is 0. The van der Waals surface area contributed by atoms with E-state index in [0.29, 0.717) is 0 Å². The maximum atomic E-state index is 3.49. The highest BCUT2D eigenvalue weighted by Gasteiger charge is 2.07. The lowest BCUT2D eigenvalue weighted by Gasteiger charge is -2.27. The van der Waals surface area contributed by atoms with Crippen LogP contribution in [0.4, 0.5) is 0 Å². The van der Waals surface area contributed by atoms with E-state index in [0.717, 1.165) is 37.2 Å². The van der Waals surface area contributed by atoms with E-state index >= 15 is 0 Å². The minimum absolute atomic E-state index is 0.950. The summed E-state index contributed by atoms with van der Waals surface area (Å²) in [5.41, 5.74) is 1.33. The van der Waals surface area contributed by atoms with Crippen LogP contribution in [0.2, 0.25) is 0 Å². The zero-order valence-electron chi connectivity index (χ0n) is 10.1. The van der Waals surface area contributed by atoms with Crippen LogP contribution in [0.15, 0.2) is 28.7 Å². The summed E-state index contributed by atoms with van der Waals surface area (Å²) < 4.78 is 1.15. The summed E-state index contributed by atoms with van der Waals surface area (Å²) in [6.07, 6.45) is 0. The van der Waals surface area contributed by atoms with Gasteiger partial charge in [0.2, 0.25) is 0 Å². The van der Waals surface area contributed by atoms with Crippen molar-refractivity contribution >= 4 is 15.9 Å². The average molecular weight is 298 g/mol. The van der Waals surface area contributed by atoms with Gasteiger partial charge in [-0.25, -0.2) is 0 Å². The molecular weight excluding hydrogens is 278 g/mol. The SMILES string of the molecule is Brc1cccc(CNCCN2CCNCC2)c1. The van der Waals surface area contributed by atoms with Crippen LogP contribution in [-0.4, -0.2) is 44.2 Å². The van der Waals surface area contributed by atoms with Gasteiger partial charge in [-0.2, -0.15) is 0 Å². The molecule has 1 aromatic rings. The molecule has 2 rings (SSSR count). The summed E-state index contributed by atoms with van der Waals surface area (Å²) in [4.78, 5) is 2.50. The molecule has 17 heavy (non-hydrogen) atoms. The number of hydrogen-bond donors (Lipinski definition) is 2. The van der Waals surface area contributed by atoms with Crippen LogP contribution >= 0.6 is 15.9 Å². The third-order valence-electron chi connectivity index (χ3n) is 3.03. The maximum Gasteiger partial charge on any atom is 0.0206 e. The Morgan fingerprint density at radius 2 is 2.12 bits per heavy atom. The normalized spacial score (nSPS) is 17.2. The monoisotopic (exact) mass is 297 g/mol. The number of rotatable bonds is 5. The number of hydrogen-bond acceptors (Lipinski definition) is 3. The van der Waals surface area contributed by atoms with Crippen molar-refractivity contribution in [3.8, 4) is 0 Å². The van der Waals surface area contributed by atoms with Gasteiger partial charge in [0.15, 0.2) is 0 Å². The molecule has 0 spiro atoms. The van der Waals surface area contributed by atoms with Crippen molar-refractivity contribution in [1.82, 2.24) is 15.5 Å². The zero-order chi connectivity index (χ0) is 11.9. The average Bonchev–Trinajstić information content (AvgIpc) is 2.36. The first-order chi connectivity index (χ1) is 8.34. The Kier molecular flexibility index (Phi) is 5.45. The van der Waals surface area contributed by atoms with Gasteiger partial charge in [-0.15, -0.1) is 0 Å². The van der Waals surface area contributed by atoms with E-state index in [1.54, 1.807) is 0 Å². The predicted octanol–water partition coefficient (Wildman–Crippen LogP) is 1.44. The Hall–Kier alpha value is -0.420. The van der Waals surface area contributed by atoms with Gasteiger partial charge in [0.25, 0.3) is 0 Å². The van der Waals surface area contributed by atoms with Gasteiger partial charge in [-0.05, 0) is 17.7 Å².